The van der Waals surface area contributed by atoms with E-state index in [1.807, 2.05) is 0 Å². The highest BCUT2D eigenvalue weighted by molar-refractivity contribution is 5.93. The monoisotopic (exact) mass is 374 g/mol. The summed E-state index contributed by atoms with van der Waals surface area (Å²) < 4.78 is 40.1. The van der Waals surface area contributed by atoms with Crippen LogP contribution in [0.1, 0.15) is 29.7 Å². The van der Waals surface area contributed by atoms with Gasteiger partial charge < -0.3 is 5.32 Å². The fourth-order valence-electron chi connectivity index (χ4n) is 2.51. The van der Waals surface area contributed by atoms with E-state index in [9.17, 15) is 28.1 Å². The number of aromatic amines is 1. The number of anilines is 1. The molecule has 1 unspecified atom stereocenters. The van der Waals surface area contributed by atoms with E-state index in [0.717, 1.165) is 0 Å². The van der Waals surface area contributed by atoms with Crippen molar-refractivity contribution in [1.82, 2.24) is 20.0 Å². The highest BCUT2D eigenvalue weighted by Gasteiger charge is 2.38. The van der Waals surface area contributed by atoms with Gasteiger partial charge in [0.05, 0.1) is 28.8 Å². The average Bonchev–Trinajstić information content (AvgIpc) is 2.99. The van der Waals surface area contributed by atoms with Gasteiger partial charge >= 0.3 is 11.9 Å². The van der Waals surface area contributed by atoms with Gasteiger partial charge in [-0.05, 0) is 20.8 Å². The number of hydrogen-bond donors (Lipinski definition) is 2. The highest BCUT2D eigenvalue weighted by Crippen LogP contribution is 2.34. The molecule has 0 spiro atoms. The Morgan fingerprint density at radius 1 is 1.38 bits per heavy atom. The van der Waals surface area contributed by atoms with Crippen molar-refractivity contribution in [1.29, 1.82) is 0 Å². The summed E-state index contributed by atoms with van der Waals surface area (Å²) in [6.45, 7) is 5.78. The molecule has 1 atom stereocenters. The van der Waals surface area contributed by atoms with Crippen molar-refractivity contribution in [2.24, 2.45) is 5.92 Å². The number of nitrogens with one attached hydrogen (secondary N) is 2. The summed E-state index contributed by atoms with van der Waals surface area (Å²) in [7, 11) is 0. The standard InChI is InChI=1S/C14H17F3N6O3/c1-6(5-22-9(4)11(23(25)26)8(3)21-22)13(24)18-10-7(2)19-20-12(10)14(15,16)17/h6H,5H2,1-4H3,(H,18,24)(H,19,20). The molecule has 1 amide bonds. The molecule has 12 heteroatoms. The van der Waals surface area contributed by atoms with Crippen LogP contribution >= 0.6 is 0 Å². The average molecular weight is 374 g/mol. The van der Waals surface area contributed by atoms with Crippen molar-refractivity contribution >= 4 is 17.3 Å². The molecule has 2 aromatic rings. The predicted octanol–water partition coefficient (Wildman–Crippen LogP) is 2.73. The number of hydrogen-bond acceptors (Lipinski definition) is 5. The quantitative estimate of drug-likeness (QED) is 0.616. The summed E-state index contributed by atoms with van der Waals surface area (Å²) in [6, 6.07) is 0. The number of alkyl halides is 3. The summed E-state index contributed by atoms with van der Waals surface area (Å²) in [6.07, 6.45) is -4.72. The molecule has 9 nitrogen and oxygen atoms in total. The Kier molecular flexibility index (Phi) is 5.05. The molecular formula is C14H17F3N6O3. The van der Waals surface area contributed by atoms with E-state index in [0.29, 0.717) is 0 Å². The van der Waals surface area contributed by atoms with E-state index in [1.54, 1.807) is 0 Å². The number of amides is 1. The molecular weight excluding hydrogens is 357 g/mol. The zero-order valence-electron chi connectivity index (χ0n) is 14.4. The number of halogens is 3. The van der Waals surface area contributed by atoms with Gasteiger partial charge in [0.25, 0.3) is 0 Å². The molecule has 26 heavy (non-hydrogen) atoms. The first-order valence-electron chi connectivity index (χ1n) is 7.54. The van der Waals surface area contributed by atoms with Gasteiger partial charge in [-0.3, -0.25) is 24.7 Å². The maximum absolute atomic E-state index is 12.9. The van der Waals surface area contributed by atoms with E-state index in [-0.39, 0.29) is 29.3 Å². The highest BCUT2D eigenvalue weighted by atomic mass is 19.4. The van der Waals surface area contributed by atoms with Gasteiger partial charge in [0.1, 0.15) is 11.4 Å². The number of H-pyrrole nitrogens is 1. The van der Waals surface area contributed by atoms with Crippen LogP contribution in [-0.2, 0) is 17.5 Å². The Balaban J connectivity index is 2.19. The number of nitro groups is 1. The molecule has 2 N–H and O–H groups in total. The van der Waals surface area contributed by atoms with Crippen molar-refractivity contribution < 1.29 is 22.9 Å². The molecule has 142 valence electrons. The number of aromatic nitrogens is 4. The first kappa shape index (κ1) is 19.4. The molecule has 0 saturated heterocycles. The van der Waals surface area contributed by atoms with Gasteiger partial charge in [-0.2, -0.15) is 23.4 Å². The minimum Gasteiger partial charge on any atom is -0.322 e. The Morgan fingerprint density at radius 2 is 2.00 bits per heavy atom. The number of nitrogens with zero attached hydrogens (tertiary/aromatic N) is 4. The van der Waals surface area contributed by atoms with Crippen LogP contribution < -0.4 is 5.32 Å². The van der Waals surface area contributed by atoms with Crippen molar-refractivity contribution in [2.45, 2.75) is 40.4 Å². The smallest absolute Gasteiger partial charge is 0.322 e. The van der Waals surface area contributed by atoms with Crippen molar-refractivity contribution in [3.05, 3.63) is 32.9 Å². The lowest BCUT2D eigenvalue weighted by Gasteiger charge is -2.14. The molecule has 0 radical (unpaired) electrons. The summed E-state index contributed by atoms with van der Waals surface area (Å²) in [5, 5.41) is 22.6. The third-order valence-electron chi connectivity index (χ3n) is 3.88. The zero-order valence-corrected chi connectivity index (χ0v) is 14.4. The Hall–Kier alpha value is -2.92. The van der Waals surface area contributed by atoms with Gasteiger partial charge in [-0.1, -0.05) is 6.92 Å². The first-order chi connectivity index (χ1) is 11.9. The lowest BCUT2D eigenvalue weighted by atomic mass is 10.1. The van der Waals surface area contributed by atoms with Crippen LogP contribution in [0.4, 0.5) is 24.5 Å². The first-order valence-corrected chi connectivity index (χ1v) is 7.54. The summed E-state index contributed by atoms with van der Waals surface area (Å²) in [5.41, 5.74) is -1.26. The number of carbonyl (C=O) groups excluding carboxylic acids is 1. The van der Waals surface area contributed by atoms with Crippen molar-refractivity contribution in [3.8, 4) is 0 Å². The van der Waals surface area contributed by atoms with Crippen molar-refractivity contribution in [2.75, 3.05) is 5.32 Å². The minimum absolute atomic E-state index is 0.0232. The normalized spacial score (nSPS) is 12.9. The summed E-state index contributed by atoms with van der Waals surface area (Å²) >= 11 is 0. The molecule has 0 bridgehead atoms. The maximum Gasteiger partial charge on any atom is 0.437 e. The van der Waals surface area contributed by atoms with E-state index >= 15 is 0 Å². The van der Waals surface area contributed by atoms with Crippen LogP contribution in [0.2, 0.25) is 0 Å². The molecule has 0 fully saturated rings. The molecule has 2 heterocycles. The Morgan fingerprint density at radius 3 is 2.50 bits per heavy atom. The summed E-state index contributed by atoms with van der Waals surface area (Å²) in [5.74, 6) is -1.47. The van der Waals surface area contributed by atoms with E-state index in [4.69, 9.17) is 0 Å². The second-order valence-corrected chi connectivity index (χ2v) is 5.92. The molecule has 0 saturated carbocycles. The Labute approximate surface area is 145 Å². The molecule has 0 aliphatic heterocycles. The van der Waals surface area contributed by atoms with Gasteiger partial charge in [0.15, 0.2) is 5.69 Å². The van der Waals surface area contributed by atoms with Gasteiger partial charge in [0, 0.05) is 0 Å². The third kappa shape index (κ3) is 3.68. The topological polar surface area (TPSA) is 119 Å². The van der Waals surface area contributed by atoms with Crippen molar-refractivity contribution in [3.63, 3.8) is 0 Å². The molecule has 0 aliphatic carbocycles. The molecule has 0 aliphatic rings. The minimum atomic E-state index is -4.72. The zero-order chi connectivity index (χ0) is 19.8. The number of aryl methyl sites for hydroxylation is 2. The van der Waals surface area contributed by atoms with Crippen LogP contribution in [-0.4, -0.2) is 30.8 Å². The van der Waals surface area contributed by atoms with Crippen LogP contribution in [0, 0.1) is 36.8 Å². The molecule has 2 aromatic heterocycles. The Bertz CT molecular complexity index is 855. The maximum atomic E-state index is 12.9. The largest absolute Gasteiger partial charge is 0.437 e. The number of rotatable bonds is 5. The lowest BCUT2D eigenvalue weighted by molar-refractivity contribution is -0.386. The molecule has 0 aromatic carbocycles. The predicted molar refractivity (Wildman–Crippen MR) is 84.5 cm³/mol. The molecule has 2 rings (SSSR count). The second-order valence-electron chi connectivity index (χ2n) is 5.92. The second kappa shape index (κ2) is 6.77. The van der Waals surface area contributed by atoms with Crippen LogP contribution in [0.3, 0.4) is 0 Å². The van der Waals surface area contributed by atoms with Gasteiger partial charge in [0.2, 0.25) is 5.91 Å². The fourth-order valence-corrected chi connectivity index (χ4v) is 2.51. The van der Waals surface area contributed by atoms with Gasteiger partial charge in [-0.15, -0.1) is 0 Å². The van der Waals surface area contributed by atoms with Crippen LogP contribution in [0.5, 0.6) is 0 Å². The van der Waals surface area contributed by atoms with Gasteiger partial charge in [-0.25, -0.2) is 0 Å². The van der Waals surface area contributed by atoms with Crippen LogP contribution in [0.15, 0.2) is 0 Å². The van der Waals surface area contributed by atoms with E-state index in [2.05, 4.69) is 20.6 Å². The van der Waals surface area contributed by atoms with Crippen LogP contribution in [0.25, 0.3) is 0 Å². The van der Waals surface area contributed by atoms with E-state index in [1.165, 1.54) is 32.4 Å². The SMILES string of the molecule is Cc1nn(CC(C)C(=O)Nc2c(C(F)(F)F)n[nH]c2C)c(C)c1[N+](=O)[O-]. The number of carbonyl (C=O) groups is 1. The fraction of sp³-hybridized carbons (Fsp3) is 0.500. The third-order valence-corrected chi connectivity index (χ3v) is 3.88. The summed E-state index contributed by atoms with van der Waals surface area (Å²) in [4.78, 5) is 22.7. The van der Waals surface area contributed by atoms with E-state index < -0.39 is 34.3 Å². The lowest BCUT2D eigenvalue weighted by Crippen LogP contribution is -2.26.